The van der Waals surface area contributed by atoms with Gasteiger partial charge in [-0.1, -0.05) is 5.21 Å². The number of nitrogens with one attached hydrogen (secondary N) is 2. The minimum atomic E-state index is -0.175. The summed E-state index contributed by atoms with van der Waals surface area (Å²) in [4.78, 5) is 19.6. The molecule has 0 radical (unpaired) electrons. The van der Waals surface area contributed by atoms with Crippen LogP contribution in [-0.4, -0.2) is 36.4 Å². The molecule has 2 heterocycles. The summed E-state index contributed by atoms with van der Waals surface area (Å²) in [7, 11) is 0. The zero-order valence-electron chi connectivity index (χ0n) is 10.3. The van der Waals surface area contributed by atoms with E-state index in [1.54, 1.807) is 6.92 Å². The number of tetrazole rings is 1. The third-order valence-corrected chi connectivity index (χ3v) is 2.45. The zero-order chi connectivity index (χ0) is 13.1. The van der Waals surface area contributed by atoms with Crippen LogP contribution in [0.25, 0.3) is 0 Å². The summed E-state index contributed by atoms with van der Waals surface area (Å²) in [6, 6.07) is -0.175. The number of H-pyrrole nitrogens is 1. The number of carbonyl (C=O) groups excluding carboxylic acids is 1. The fourth-order valence-electron chi connectivity index (χ4n) is 1.49. The Bertz CT molecular complexity index is 551. The van der Waals surface area contributed by atoms with Crippen LogP contribution in [0, 0.1) is 6.92 Å². The van der Waals surface area contributed by atoms with Crippen LogP contribution >= 0.6 is 0 Å². The molecule has 0 amide bonds. The maximum absolute atomic E-state index is 11.3. The SMILES string of the molecule is CC(=O)c1cnc(NC(C)c2nn[nH]n2)nc1C. The molecule has 8 nitrogen and oxygen atoms in total. The van der Waals surface area contributed by atoms with Crippen molar-refractivity contribution in [3.63, 3.8) is 0 Å². The average Bonchev–Trinajstić information content (AvgIpc) is 2.81. The van der Waals surface area contributed by atoms with Crippen molar-refractivity contribution in [1.82, 2.24) is 30.6 Å². The molecular formula is C10H13N7O. The molecule has 0 aromatic carbocycles. The Morgan fingerprint density at radius 1 is 1.50 bits per heavy atom. The van der Waals surface area contributed by atoms with Crippen molar-refractivity contribution in [1.29, 1.82) is 0 Å². The van der Waals surface area contributed by atoms with Crippen LogP contribution in [0.1, 0.15) is 41.8 Å². The Balaban J connectivity index is 2.15. The lowest BCUT2D eigenvalue weighted by Gasteiger charge is -2.10. The number of aromatic amines is 1. The highest BCUT2D eigenvalue weighted by atomic mass is 16.1. The van der Waals surface area contributed by atoms with E-state index < -0.39 is 0 Å². The van der Waals surface area contributed by atoms with E-state index in [-0.39, 0.29) is 11.8 Å². The maximum Gasteiger partial charge on any atom is 0.223 e. The lowest BCUT2D eigenvalue weighted by molar-refractivity contribution is 0.101. The number of aryl methyl sites for hydroxylation is 1. The number of hydrogen-bond acceptors (Lipinski definition) is 7. The Morgan fingerprint density at radius 3 is 2.83 bits per heavy atom. The van der Waals surface area contributed by atoms with Gasteiger partial charge in [-0.05, 0) is 20.8 Å². The van der Waals surface area contributed by atoms with E-state index in [0.29, 0.717) is 23.0 Å². The predicted molar refractivity (Wildman–Crippen MR) is 63.0 cm³/mol. The van der Waals surface area contributed by atoms with Crippen LogP contribution in [0.2, 0.25) is 0 Å². The normalized spacial score (nSPS) is 12.2. The van der Waals surface area contributed by atoms with E-state index in [2.05, 4.69) is 35.9 Å². The van der Waals surface area contributed by atoms with Gasteiger partial charge < -0.3 is 5.32 Å². The highest BCUT2D eigenvalue weighted by Crippen LogP contribution is 2.13. The number of rotatable bonds is 4. The monoisotopic (exact) mass is 247 g/mol. The summed E-state index contributed by atoms with van der Waals surface area (Å²) < 4.78 is 0. The van der Waals surface area contributed by atoms with Crippen molar-refractivity contribution >= 4 is 11.7 Å². The number of hydrogen-bond donors (Lipinski definition) is 2. The second-order valence-corrected chi connectivity index (χ2v) is 3.88. The zero-order valence-corrected chi connectivity index (χ0v) is 10.3. The third kappa shape index (κ3) is 2.47. The van der Waals surface area contributed by atoms with Crippen LogP contribution < -0.4 is 5.32 Å². The molecule has 1 atom stereocenters. The molecule has 2 rings (SSSR count). The summed E-state index contributed by atoms with van der Waals surface area (Å²) in [5.41, 5.74) is 1.16. The first kappa shape index (κ1) is 12.1. The third-order valence-electron chi connectivity index (χ3n) is 2.45. The fourth-order valence-corrected chi connectivity index (χ4v) is 1.49. The van der Waals surface area contributed by atoms with Gasteiger partial charge in [0.15, 0.2) is 11.6 Å². The Kier molecular flexibility index (Phi) is 3.26. The molecule has 0 aliphatic carbocycles. The minimum Gasteiger partial charge on any atom is -0.344 e. The fraction of sp³-hybridized carbons (Fsp3) is 0.400. The van der Waals surface area contributed by atoms with E-state index in [1.807, 2.05) is 6.92 Å². The number of carbonyl (C=O) groups is 1. The second-order valence-electron chi connectivity index (χ2n) is 3.88. The smallest absolute Gasteiger partial charge is 0.223 e. The molecule has 1 unspecified atom stereocenters. The quantitative estimate of drug-likeness (QED) is 0.764. The molecule has 8 heteroatoms. The number of anilines is 1. The summed E-state index contributed by atoms with van der Waals surface area (Å²) in [6.45, 7) is 5.12. The molecule has 0 aliphatic heterocycles. The van der Waals surface area contributed by atoms with Gasteiger partial charge in [-0.2, -0.15) is 5.21 Å². The van der Waals surface area contributed by atoms with Gasteiger partial charge in [0.25, 0.3) is 0 Å². The van der Waals surface area contributed by atoms with Crippen LogP contribution in [-0.2, 0) is 0 Å². The molecular weight excluding hydrogens is 234 g/mol. The molecule has 0 aliphatic rings. The van der Waals surface area contributed by atoms with Crippen molar-refractivity contribution in [3.8, 4) is 0 Å². The van der Waals surface area contributed by atoms with Gasteiger partial charge in [0.1, 0.15) is 0 Å². The van der Waals surface area contributed by atoms with Crippen LogP contribution in [0.4, 0.5) is 5.95 Å². The number of nitrogens with zero attached hydrogens (tertiary/aromatic N) is 5. The molecule has 0 saturated heterocycles. The van der Waals surface area contributed by atoms with Crippen molar-refractivity contribution in [3.05, 3.63) is 23.3 Å². The topological polar surface area (TPSA) is 109 Å². The maximum atomic E-state index is 11.3. The predicted octanol–water partition coefficient (Wildman–Crippen LogP) is 0.674. The highest BCUT2D eigenvalue weighted by Gasteiger charge is 2.13. The van der Waals surface area contributed by atoms with Crippen LogP contribution in [0.3, 0.4) is 0 Å². The summed E-state index contributed by atoms with van der Waals surface area (Å²) in [6.07, 6.45) is 1.51. The van der Waals surface area contributed by atoms with Gasteiger partial charge in [0.2, 0.25) is 5.95 Å². The second kappa shape index (κ2) is 4.86. The van der Waals surface area contributed by atoms with Crippen LogP contribution in [0.15, 0.2) is 6.20 Å². The van der Waals surface area contributed by atoms with E-state index >= 15 is 0 Å². The number of ketones is 1. The first-order valence-corrected chi connectivity index (χ1v) is 5.42. The molecule has 94 valence electrons. The standard InChI is InChI=1S/C10H13N7O/c1-5-8(7(3)18)4-11-10(12-5)13-6(2)9-14-16-17-15-9/h4,6H,1-3H3,(H,11,12,13)(H,14,15,16,17). The van der Waals surface area contributed by atoms with Crippen molar-refractivity contribution in [2.75, 3.05) is 5.32 Å². The molecule has 0 spiro atoms. The Hall–Kier alpha value is -2.38. The largest absolute Gasteiger partial charge is 0.344 e. The van der Waals surface area contributed by atoms with Crippen molar-refractivity contribution in [2.24, 2.45) is 0 Å². The van der Waals surface area contributed by atoms with Gasteiger partial charge in [0.05, 0.1) is 17.3 Å². The summed E-state index contributed by atoms with van der Waals surface area (Å²) in [5, 5.41) is 16.6. The minimum absolute atomic E-state index is 0.0507. The van der Waals surface area contributed by atoms with Gasteiger partial charge in [-0.15, -0.1) is 10.2 Å². The Morgan fingerprint density at radius 2 is 2.28 bits per heavy atom. The molecule has 2 N–H and O–H groups in total. The van der Waals surface area contributed by atoms with E-state index in [0.717, 1.165) is 0 Å². The average molecular weight is 247 g/mol. The van der Waals surface area contributed by atoms with Gasteiger partial charge in [0, 0.05) is 6.20 Å². The number of Topliss-reactive ketones (excluding diaryl/α,β-unsaturated/α-hetero) is 1. The van der Waals surface area contributed by atoms with Crippen molar-refractivity contribution in [2.45, 2.75) is 26.8 Å². The van der Waals surface area contributed by atoms with Gasteiger partial charge in [-0.3, -0.25) is 4.79 Å². The van der Waals surface area contributed by atoms with E-state index in [4.69, 9.17) is 0 Å². The summed E-state index contributed by atoms with van der Waals surface area (Å²) >= 11 is 0. The van der Waals surface area contributed by atoms with E-state index in [1.165, 1.54) is 13.1 Å². The lowest BCUT2D eigenvalue weighted by Crippen LogP contribution is -2.12. The first-order valence-electron chi connectivity index (χ1n) is 5.42. The molecule has 18 heavy (non-hydrogen) atoms. The number of aromatic nitrogens is 6. The van der Waals surface area contributed by atoms with Crippen molar-refractivity contribution < 1.29 is 4.79 Å². The first-order chi connectivity index (χ1) is 8.58. The Labute approximate surface area is 103 Å². The highest BCUT2D eigenvalue weighted by molar-refractivity contribution is 5.94. The molecule has 0 fully saturated rings. The van der Waals surface area contributed by atoms with Gasteiger partial charge >= 0.3 is 0 Å². The summed E-state index contributed by atoms with van der Waals surface area (Å²) in [5.74, 6) is 0.895. The molecule has 2 aromatic heterocycles. The molecule has 2 aromatic rings. The molecule has 0 saturated carbocycles. The lowest BCUT2D eigenvalue weighted by atomic mass is 10.2. The van der Waals surface area contributed by atoms with Crippen LogP contribution in [0.5, 0.6) is 0 Å². The van der Waals surface area contributed by atoms with Gasteiger partial charge in [-0.25, -0.2) is 9.97 Å². The molecule has 0 bridgehead atoms. The van der Waals surface area contributed by atoms with E-state index in [9.17, 15) is 4.79 Å².